The number of nitrogens with zero attached hydrogens (tertiary/aromatic N) is 1. The van der Waals surface area contributed by atoms with E-state index in [0.29, 0.717) is 58.1 Å². The fourth-order valence-corrected chi connectivity index (χ4v) is 3.85. The average molecular weight is 371 g/mol. The second-order valence-corrected chi connectivity index (χ2v) is 7.48. The molecule has 0 radical (unpaired) electrons. The first-order valence-electron chi connectivity index (χ1n) is 8.21. The van der Waals surface area contributed by atoms with Gasteiger partial charge in [-0.05, 0) is 18.2 Å². The number of sulfonamides is 1. The van der Waals surface area contributed by atoms with E-state index in [0.717, 1.165) is 0 Å². The third kappa shape index (κ3) is 5.75. The number of morpholine rings is 1. The Morgan fingerprint density at radius 3 is 2.72 bits per heavy atom. The molecule has 0 atom stereocenters. The Labute approximate surface area is 148 Å². The fraction of sp³-hybridized carbons (Fsp3) is 0.562. The van der Waals surface area contributed by atoms with Gasteiger partial charge in [0, 0.05) is 45.4 Å². The Morgan fingerprint density at radius 1 is 1.24 bits per heavy atom. The Balaban J connectivity index is 1.94. The van der Waals surface area contributed by atoms with Gasteiger partial charge < -0.3 is 20.1 Å². The van der Waals surface area contributed by atoms with Gasteiger partial charge in [0.25, 0.3) is 5.91 Å². The molecule has 1 fully saturated rings. The molecule has 2 N–H and O–H groups in total. The molecule has 0 aromatic heterocycles. The minimum absolute atomic E-state index is 0.125. The second kappa shape index (κ2) is 9.83. The van der Waals surface area contributed by atoms with Gasteiger partial charge in [0.05, 0.1) is 24.7 Å². The number of benzene rings is 1. The third-order valence-corrected chi connectivity index (χ3v) is 5.67. The molecule has 1 aromatic carbocycles. The van der Waals surface area contributed by atoms with Crippen LogP contribution in [0.4, 0.5) is 0 Å². The molecule has 1 aromatic rings. The van der Waals surface area contributed by atoms with Crippen LogP contribution in [-0.4, -0.2) is 78.3 Å². The second-order valence-electron chi connectivity index (χ2n) is 5.54. The molecule has 2 rings (SSSR count). The number of rotatable bonds is 9. The van der Waals surface area contributed by atoms with Crippen molar-refractivity contribution in [1.29, 1.82) is 0 Å². The molecule has 9 heteroatoms. The van der Waals surface area contributed by atoms with Crippen LogP contribution in [0.5, 0.6) is 0 Å². The van der Waals surface area contributed by atoms with E-state index in [1.807, 2.05) is 0 Å². The number of methoxy groups -OCH3 is 1. The maximum Gasteiger partial charge on any atom is 0.251 e. The molecule has 0 spiro atoms. The highest BCUT2D eigenvalue weighted by molar-refractivity contribution is 7.89. The summed E-state index contributed by atoms with van der Waals surface area (Å²) < 4.78 is 36.8. The predicted molar refractivity (Wildman–Crippen MR) is 93.1 cm³/mol. The summed E-state index contributed by atoms with van der Waals surface area (Å²) in [7, 11) is -1.98. The van der Waals surface area contributed by atoms with Crippen LogP contribution in [0.25, 0.3) is 0 Å². The van der Waals surface area contributed by atoms with Crippen molar-refractivity contribution in [2.24, 2.45) is 0 Å². The molecule has 1 saturated heterocycles. The van der Waals surface area contributed by atoms with E-state index in [4.69, 9.17) is 9.47 Å². The summed E-state index contributed by atoms with van der Waals surface area (Å²) >= 11 is 0. The molecule has 1 aliphatic heterocycles. The largest absolute Gasteiger partial charge is 0.383 e. The molecule has 140 valence electrons. The maximum absolute atomic E-state index is 12.6. The van der Waals surface area contributed by atoms with Gasteiger partial charge in [-0.1, -0.05) is 6.07 Å². The molecule has 0 unspecified atom stereocenters. The Kier molecular flexibility index (Phi) is 7.79. The highest BCUT2D eigenvalue weighted by Gasteiger charge is 2.26. The van der Waals surface area contributed by atoms with E-state index >= 15 is 0 Å². The van der Waals surface area contributed by atoms with E-state index in [2.05, 4.69) is 10.6 Å². The minimum Gasteiger partial charge on any atom is -0.383 e. The number of hydrogen-bond acceptors (Lipinski definition) is 6. The molecule has 1 amide bonds. The summed E-state index contributed by atoms with van der Waals surface area (Å²) in [6.07, 6.45) is 0. The monoisotopic (exact) mass is 371 g/mol. The number of hydrogen-bond donors (Lipinski definition) is 2. The van der Waals surface area contributed by atoms with Crippen LogP contribution in [0.3, 0.4) is 0 Å². The zero-order chi connectivity index (χ0) is 18.1. The smallest absolute Gasteiger partial charge is 0.251 e. The first-order chi connectivity index (χ1) is 12.1. The van der Waals surface area contributed by atoms with Gasteiger partial charge >= 0.3 is 0 Å². The normalized spacial score (nSPS) is 15.9. The quantitative estimate of drug-likeness (QED) is 0.577. The molecule has 0 bridgehead atoms. The lowest BCUT2D eigenvalue weighted by Crippen LogP contribution is -2.40. The lowest BCUT2D eigenvalue weighted by atomic mass is 10.2. The van der Waals surface area contributed by atoms with Crippen molar-refractivity contribution in [2.45, 2.75) is 4.90 Å². The summed E-state index contributed by atoms with van der Waals surface area (Å²) in [4.78, 5) is 12.3. The van der Waals surface area contributed by atoms with Gasteiger partial charge in [0.15, 0.2) is 0 Å². The Hall–Kier alpha value is -1.52. The van der Waals surface area contributed by atoms with Crippen LogP contribution in [0.2, 0.25) is 0 Å². The summed E-state index contributed by atoms with van der Waals surface area (Å²) in [6.45, 7) is 3.79. The van der Waals surface area contributed by atoms with E-state index in [9.17, 15) is 13.2 Å². The van der Waals surface area contributed by atoms with Crippen LogP contribution in [-0.2, 0) is 19.5 Å². The highest BCUT2D eigenvalue weighted by Crippen LogP contribution is 2.18. The van der Waals surface area contributed by atoms with Crippen LogP contribution < -0.4 is 10.6 Å². The van der Waals surface area contributed by atoms with Gasteiger partial charge in [0.2, 0.25) is 10.0 Å². The van der Waals surface area contributed by atoms with Gasteiger partial charge in [-0.15, -0.1) is 0 Å². The molecular weight excluding hydrogens is 346 g/mol. The minimum atomic E-state index is -3.61. The van der Waals surface area contributed by atoms with E-state index in [1.54, 1.807) is 19.2 Å². The van der Waals surface area contributed by atoms with Crippen molar-refractivity contribution < 1.29 is 22.7 Å². The average Bonchev–Trinajstić information content (AvgIpc) is 2.65. The topological polar surface area (TPSA) is 97.0 Å². The Morgan fingerprint density at radius 2 is 2.00 bits per heavy atom. The number of amides is 1. The van der Waals surface area contributed by atoms with Crippen LogP contribution in [0.1, 0.15) is 10.4 Å². The molecule has 0 aliphatic carbocycles. The number of carbonyl (C=O) groups is 1. The number of nitrogens with one attached hydrogen (secondary N) is 2. The lowest BCUT2D eigenvalue weighted by molar-refractivity contribution is 0.0730. The predicted octanol–water partition coefficient (Wildman–Crippen LogP) is -0.327. The zero-order valence-corrected chi connectivity index (χ0v) is 15.2. The summed E-state index contributed by atoms with van der Waals surface area (Å²) in [5, 5.41) is 5.88. The van der Waals surface area contributed by atoms with E-state index in [-0.39, 0.29) is 10.8 Å². The summed E-state index contributed by atoms with van der Waals surface area (Å²) in [6, 6.07) is 6.11. The lowest BCUT2D eigenvalue weighted by Gasteiger charge is -2.26. The van der Waals surface area contributed by atoms with Crippen LogP contribution in [0.15, 0.2) is 29.2 Å². The van der Waals surface area contributed by atoms with Crippen LogP contribution >= 0.6 is 0 Å². The number of ether oxygens (including phenoxy) is 2. The van der Waals surface area contributed by atoms with Crippen molar-refractivity contribution in [3.05, 3.63) is 29.8 Å². The number of carbonyl (C=O) groups excluding carboxylic acids is 1. The van der Waals surface area contributed by atoms with Crippen molar-refractivity contribution in [1.82, 2.24) is 14.9 Å². The summed E-state index contributed by atoms with van der Waals surface area (Å²) in [5.74, 6) is -0.299. The van der Waals surface area contributed by atoms with Crippen molar-refractivity contribution in [2.75, 3.05) is 59.7 Å². The molecule has 1 heterocycles. The standard InChI is InChI=1S/C16H25N3O5S/c1-23-10-7-17-5-6-18-16(20)14-3-2-4-15(13-14)25(21,22)19-8-11-24-12-9-19/h2-4,13,17H,5-12H2,1H3,(H,18,20). The van der Waals surface area contributed by atoms with Crippen LogP contribution in [0, 0.1) is 0 Å². The molecule has 1 aliphatic rings. The molecule has 0 saturated carbocycles. The van der Waals surface area contributed by atoms with Gasteiger partial charge in [-0.2, -0.15) is 4.31 Å². The molecular formula is C16H25N3O5S. The maximum atomic E-state index is 12.6. The van der Waals surface area contributed by atoms with E-state index < -0.39 is 10.0 Å². The SMILES string of the molecule is COCCNCCNC(=O)c1cccc(S(=O)(=O)N2CCOCC2)c1. The van der Waals surface area contributed by atoms with Gasteiger partial charge in [0.1, 0.15) is 0 Å². The first kappa shape index (κ1) is 19.8. The summed E-state index contributed by atoms with van der Waals surface area (Å²) in [5.41, 5.74) is 0.325. The van der Waals surface area contributed by atoms with Crippen molar-refractivity contribution in [3.8, 4) is 0 Å². The van der Waals surface area contributed by atoms with Gasteiger partial charge in [-0.3, -0.25) is 4.79 Å². The Bertz CT molecular complexity index is 659. The van der Waals surface area contributed by atoms with E-state index in [1.165, 1.54) is 16.4 Å². The van der Waals surface area contributed by atoms with Crippen molar-refractivity contribution >= 4 is 15.9 Å². The highest BCUT2D eigenvalue weighted by atomic mass is 32.2. The fourth-order valence-electron chi connectivity index (χ4n) is 2.40. The molecule has 25 heavy (non-hydrogen) atoms. The third-order valence-electron chi connectivity index (χ3n) is 3.77. The first-order valence-corrected chi connectivity index (χ1v) is 9.65. The molecule has 8 nitrogen and oxygen atoms in total. The van der Waals surface area contributed by atoms with Crippen molar-refractivity contribution in [3.63, 3.8) is 0 Å². The zero-order valence-electron chi connectivity index (χ0n) is 14.4. The van der Waals surface area contributed by atoms with Gasteiger partial charge in [-0.25, -0.2) is 8.42 Å².